The Morgan fingerprint density at radius 2 is 1.59 bits per heavy atom. The van der Waals surface area contributed by atoms with Crippen molar-refractivity contribution in [2.45, 2.75) is 58.4 Å². The van der Waals surface area contributed by atoms with Gasteiger partial charge in [-0.05, 0) is 45.4 Å². The molecule has 5 nitrogen and oxygen atoms in total. The molecular weight excluding hydrogens is 446 g/mol. The first-order chi connectivity index (χ1) is 16.4. The van der Waals surface area contributed by atoms with Gasteiger partial charge < -0.3 is 5.11 Å². The van der Waals surface area contributed by atoms with E-state index < -0.39 is 5.97 Å². The van der Waals surface area contributed by atoms with Gasteiger partial charge in [0.05, 0.1) is 28.8 Å². The van der Waals surface area contributed by atoms with Crippen LogP contribution in [0.4, 0.5) is 0 Å². The number of carboxylic acid groups (broad SMARTS) is 1. The largest absolute Gasteiger partial charge is 0.481 e. The summed E-state index contributed by atoms with van der Waals surface area (Å²) in [5.41, 5.74) is 7.24. The fourth-order valence-electron chi connectivity index (χ4n) is 4.59. The summed E-state index contributed by atoms with van der Waals surface area (Å²) < 4.78 is 0. The van der Waals surface area contributed by atoms with E-state index in [0.717, 1.165) is 79.1 Å². The van der Waals surface area contributed by atoms with Crippen LogP contribution in [0.1, 0.15) is 62.0 Å². The van der Waals surface area contributed by atoms with Crippen molar-refractivity contribution in [2.75, 3.05) is 13.1 Å². The molecule has 0 radical (unpaired) electrons. The molecule has 0 amide bonds. The highest BCUT2D eigenvalue weighted by Gasteiger charge is 2.28. The second kappa shape index (κ2) is 11.1. The van der Waals surface area contributed by atoms with Crippen molar-refractivity contribution in [1.82, 2.24) is 14.9 Å². The number of hydrogen-bond donors (Lipinski definition) is 1. The Morgan fingerprint density at radius 1 is 0.971 bits per heavy atom. The summed E-state index contributed by atoms with van der Waals surface area (Å²) in [4.78, 5) is 23.5. The van der Waals surface area contributed by atoms with E-state index in [-0.39, 0.29) is 12.5 Å². The third-order valence-corrected chi connectivity index (χ3v) is 6.86. The van der Waals surface area contributed by atoms with Gasteiger partial charge in [-0.25, -0.2) is 9.97 Å². The highest BCUT2D eigenvalue weighted by molar-refractivity contribution is 6.30. The Labute approximate surface area is 206 Å². The molecule has 178 valence electrons. The molecule has 34 heavy (non-hydrogen) atoms. The molecule has 0 saturated heterocycles. The zero-order chi connectivity index (χ0) is 24.1. The molecule has 6 heteroatoms. The number of hydrogen-bond acceptors (Lipinski definition) is 4. The number of nitrogens with zero attached hydrogens (tertiary/aromatic N) is 3. The molecule has 0 bridgehead atoms. The first kappa shape index (κ1) is 24.4. The second-order valence-corrected chi connectivity index (χ2v) is 9.58. The summed E-state index contributed by atoms with van der Waals surface area (Å²) in [6.07, 6.45) is 4.99. The summed E-state index contributed by atoms with van der Waals surface area (Å²) in [5.74, 6) is -0.706. The Balaban J connectivity index is 1.58. The molecule has 1 unspecified atom stereocenters. The summed E-state index contributed by atoms with van der Waals surface area (Å²) in [6.45, 7) is 6.26. The number of fused-ring (bicyclic) bond motifs is 1. The Bertz CT molecular complexity index is 1130. The van der Waals surface area contributed by atoms with Crippen molar-refractivity contribution in [1.29, 1.82) is 0 Å². The molecule has 1 N–H and O–H groups in total. The van der Waals surface area contributed by atoms with Crippen LogP contribution in [0, 0.1) is 6.92 Å². The molecule has 1 aliphatic rings. The lowest BCUT2D eigenvalue weighted by Gasteiger charge is -2.34. The van der Waals surface area contributed by atoms with Gasteiger partial charge in [-0.1, -0.05) is 66.4 Å². The number of benzene rings is 2. The van der Waals surface area contributed by atoms with E-state index in [1.807, 2.05) is 24.3 Å². The van der Waals surface area contributed by atoms with Gasteiger partial charge in [-0.2, -0.15) is 0 Å². The number of halogens is 1. The van der Waals surface area contributed by atoms with Gasteiger partial charge in [0, 0.05) is 35.5 Å². The van der Waals surface area contributed by atoms with Gasteiger partial charge in [-0.15, -0.1) is 0 Å². The lowest BCUT2D eigenvalue weighted by atomic mass is 9.98. The molecule has 1 atom stereocenters. The van der Waals surface area contributed by atoms with Gasteiger partial charge in [0.2, 0.25) is 0 Å². The van der Waals surface area contributed by atoms with Crippen LogP contribution >= 0.6 is 11.6 Å². The zero-order valence-electron chi connectivity index (χ0n) is 19.9. The Kier molecular flexibility index (Phi) is 7.96. The van der Waals surface area contributed by atoms with E-state index in [1.54, 1.807) is 0 Å². The van der Waals surface area contributed by atoms with Crippen molar-refractivity contribution >= 4 is 17.6 Å². The van der Waals surface area contributed by atoms with E-state index in [1.165, 1.54) is 5.56 Å². The molecule has 3 aromatic rings. The summed E-state index contributed by atoms with van der Waals surface area (Å²) >= 11 is 6.14. The van der Waals surface area contributed by atoms with Crippen LogP contribution in [0.15, 0.2) is 48.5 Å². The van der Waals surface area contributed by atoms with Crippen LogP contribution in [0.25, 0.3) is 22.5 Å². The Hall–Kier alpha value is -2.76. The van der Waals surface area contributed by atoms with Gasteiger partial charge in [0.1, 0.15) is 0 Å². The van der Waals surface area contributed by atoms with Crippen LogP contribution in [-0.2, 0) is 11.2 Å². The molecule has 2 aromatic carbocycles. The van der Waals surface area contributed by atoms with Crippen LogP contribution in [0.2, 0.25) is 5.02 Å². The van der Waals surface area contributed by atoms with E-state index in [4.69, 9.17) is 26.7 Å². The number of unbranched alkanes of at least 4 members (excludes halogenated alkanes) is 3. The van der Waals surface area contributed by atoms with Gasteiger partial charge >= 0.3 is 5.97 Å². The molecular formula is C28H32ClN3O2. The summed E-state index contributed by atoms with van der Waals surface area (Å²) in [7, 11) is 0. The van der Waals surface area contributed by atoms with Crippen LogP contribution in [-0.4, -0.2) is 39.0 Å². The SMILES string of the molecule is Cc1ccc(-c2nc3c(nc2-c2ccc(Cl)cc2)CCN(CCCCCCC(=O)O)C3C)cc1. The molecule has 0 saturated carbocycles. The van der Waals surface area contributed by atoms with Crippen molar-refractivity contribution in [3.8, 4) is 22.5 Å². The maximum absolute atomic E-state index is 10.7. The van der Waals surface area contributed by atoms with Crippen molar-refractivity contribution in [3.63, 3.8) is 0 Å². The van der Waals surface area contributed by atoms with Crippen molar-refractivity contribution in [3.05, 3.63) is 70.5 Å². The van der Waals surface area contributed by atoms with Gasteiger partial charge in [0.15, 0.2) is 0 Å². The number of aryl methyl sites for hydroxylation is 1. The van der Waals surface area contributed by atoms with Gasteiger partial charge in [0.25, 0.3) is 0 Å². The van der Waals surface area contributed by atoms with E-state index in [0.29, 0.717) is 5.02 Å². The minimum atomic E-state index is -0.706. The smallest absolute Gasteiger partial charge is 0.303 e. The average molecular weight is 478 g/mol. The van der Waals surface area contributed by atoms with E-state index in [2.05, 4.69) is 43.0 Å². The molecule has 4 rings (SSSR count). The lowest BCUT2D eigenvalue weighted by Crippen LogP contribution is -2.36. The van der Waals surface area contributed by atoms with Gasteiger partial charge in [-0.3, -0.25) is 9.69 Å². The predicted octanol–water partition coefficient (Wildman–Crippen LogP) is 6.73. The maximum Gasteiger partial charge on any atom is 0.303 e. The normalized spacial score (nSPS) is 15.8. The molecule has 1 aliphatic heterocycles. The first-order valence-corrected chi connectivity index (χ1v) is 12.5. The molecule has 0 fully saturated rings. The molecule has 0 aliphatic carbocycles. The third kappa shape index (κ3) is 5.83. The van der Waals surface area contributed by atoms with Crippen LogP contribution < -0.4 is 0 Å². The number of carbonyl (C=O) groups is 1. The first-order valence-electron chi connectivity index (χ1n) is 12.1. The highest BCUT2D eigenvalue weighted by atomic mass is 35.5. The lowest BCUT2D eigenvalue weighted by molar-refractivity contribution is -0.137. The second-order valence-electron chi connectivity index (χ2n) is 9.15. The zero-order valence-corrected chi connectivity index (χ0v) is 20.7. The van der Waals surface area contributed by atoms with E-state index in [9.17, 15) is 4.79 Å². The Morgan fingerprint density at radius 3 is 2.26 bits per heavy atom. The minimum absolute atomic E-state index is 0.193. The van der Waals surface area contributed by atoms with Crippen LogP contribution in [0.3, 0.4) is 0 Å². The summed E-state index contributed by atoms with van der Waals surface area (Å²) in [5, 5.41) is 9.50. The van der Waals surface area contributed by atoms with E-state index >= 15 is 0 Å². The topological polar surface area (TPSA) is 66.3 Å². The molecule has 1 aromatic heterocycles. The standard InChI is InChI=1S/C28H32ClN3O2/c1-19-8-10-21(11-9-19)28-27(22-12-14-23(29)15-13-22)30-24-16-18-32(20(2)26(24)31-28)17-6-4-3-5-7-25(33)34/h8-15,20H,3-7,16-18H2,1-2H3,(H,33,34). The number of rotatable bonds is 9. The molecule has 2 heterocycles. The summed E-state index contributed by atoms with van der Waals surface area (Å²) in [6, 6.07) is 16.5. The predicted molar refractivity (Wildman–Crippen MR) is 137 cm³/mol. The maximum atomic E-state index is 10.7. The van der Waals surface area contributed by atoms with Crippen molar-refractivity contribution < 1.29 is 9.90 Å². The van der Waals surface area contributed by atoms with Crippen LogP contribution in [0.5, 0.6) is 0 Å². The fraction of sp³-hybridized carbons (Fsp3) is 0.393. The number of aliphatic carboxylic acids is 1. The number of aromatic nitrogens is 2. The highest BCUT2D eigenvalue weighted by Crippen LogP contribution is 2.35. The monoisotopic (exact) mass is 477 g/mol. The fourth-order valence-corrected chi connectivity index (χ4v) is 4.72. The minimum Gasteiger partial charge on any atom is -0.481 e. The molecule has 0 spiro atoms. The third-order valence-electron chi connectivity index (χ3n) is 6.61. The van der Waals surface area contributed by atoms with Crippen molar-refractivity contribution in [2.24, 2.45) is 0 Å². The average Bonchev–Trinajstić information content (AvgIpc) is 2.83. The number of carboxylic acids is 1. The quantitative estimate of drug-likeness (QED) is 0.346.